The highest BCUT2D eigenvalue weighted by molar-refractivity contribution is 5.91. The van der Waals surface area contributed by atoms with Crippen LogP contribution in [-0.4, -0.2) is 24.8 Å². The lowest BCUT2D eigenvalue weighted by Crippen LogP contribution is -2.35. The van der Waals surface area contributed by atoms with Crippen molar-refractivity contribution in [3.63, 3.8) is 0 Å². The maximum Gasteiger partial charge on any atom is 0.334 e. The largest absolute Gasteiger partial charge is 0.454 e. The molecular weight excluding hydrogens is 216 g/mol. The molecule has 1 fully saturated rings. The van der Waals surface area contributed by atoms with Crippen LogP contribution in [0.5, 0.6) is 0 Å². The van der Waals surface area contributed by atoms with Crippen molar-refractivity contribution in [3.8, 4) is 0 Å². The molecule has 0 amide bonds. The van der Waals surface area contributed by atoms with Crippen molar-refractivity contribution in [1.29, 1.82) is 0 Å². The summed E-state index contributed by atoms with van der Waals surface area (Å²) < 4.78 is 11.1. The number of carbonyl (C=O) groups is 1. The van der Waals surface area contributed by atoms with Gasteiger partial charge in [-0.25, -0.2) is 4.79 Å². The van der Waals surface area contributed by atoms with Crippen molar-refractivity contribution in [2.75, 3.05) is 6.61 Å². The summed E-state index contributed by atoms with van der Waals surface area (Å²) in [7, 11) is 0. The highest BCUT2D eigenvalue weighted by atomic mass is 16.5. The van der Waals surface area contributed by atoms with Gasteiger partial charge in [0.15, 0.2) is 0 Å². The Morgan fingerprint density at radius 2 is 2.24 bits per heavy atom. The average molecular weight is 238 g/mol. The number of ether oxygens (including phenoxy) is 2. The highest BCUT2D eigenvalue weighted by Crippen LogP contribution is 2.44. The molecule has 3 nitrogen and oxygen atoms in total. The van der Waals surface area contributed by atoms with Gasteiger partial charge in [-0.05, 0) is 51.0 Å². The summed E-state index contributed by atoms with van der Waals surface area (Å²) in [6, 6.07) is 0. The number of hydrogen-bond acceptors (Lipinski definition) is 3. The maximum absolute atomic E-state index is 11.5. The molecule has 17 heavy (non-hydrogen) atoms. The van der Waals surface area contributed by atoms with Crippen molar-refractivity contribution in [1.82, 2.24) is 0 Å². The molecule has 0 spiro atoms. The monoisotopic (exact) mass is 238 g/mol. The fourth-order valence-corrected chi connectivity index (χ4v) is 2.66. The lowest BCUT2D eigenvalue weighted by atomic mass is 9.72. The first-order valence-electron chi connectivity index (χ1n) is 6.43. The Morgan fingerprint density at radius 3 is 2.88 bits per heavy atom. The van der Waals surface area contributed by atoms with Crippen LogP contribution in [0.15, 0.2) is 11.1 Å². The van der Waals surface area contributed by atoms with Crippen molar-refractivity contribution >= 4 is 5.97 Å². The number of hydrogen-bond donors (Lipinski definition) is 0. The van der Waals surface area contributed by atoms with Gasteiger partial charge in [0.25, 0.3) is 0 Å². The van der Waals surface area contributed by atoms with E-state index in [2.05, 4.69) is 20.8 Å². The molecule has 3 heteroatoms. The van der Waals surface area contributed by atoms with Crippen molar-refractivity contribution in [2.45, 2.75) is 59.2 Å². The number of rotatable bonds is 3. The van der Waals surface area contributed by atoms with Crippen LogP contribution in [-0.2, 0) is 14.3 Å². The molecule has 0 N–H and O–H groups in total. The Balaban J connectivity index is 2.02. The molecule has 96 valence electrons. The Morgan fingerprint density at radius 1 is 1.53 bits per heavy atom. The first kappa shape index (κ1) is 12.6. The van der Waals surface area contributed by atoms with Gasteiger partial charge in [-0.2, -0.15) is 0 Å². The molecule has 2 atom stereocenters. The lowest BCUT2D eigenvalue weighted by Gasteiger charge is -2.37. The Hall–Kier alpha value is -0.830. The molecule has 1 saturated carbocycles. The van der Waals surface area contributed by atoms with E-state index in [4.69, 9.17) is 9.47 Å². The van der Waals surface area contributed by atoms with E-state index in [-0.39, 0.29) is 23.6 Å². The van der Waals surface area contributed by atoms with E-state index in [0.717, 1.165) is 31.4 Å². The molecule has 1 heterocycles. The summed E-state index contributed by atoms with van der Waals surface area (Å²) in [5, 5.41) is 0. The van der Waals surface area contributed by atoms with E-state index in [9.17, 15) is 4.79 Å². The second kappa shape index (κ2) is 4.45. The highest BCUT2D eigenvalue weighted by Gasteiger charge is 2.41. The molecule has 0 aromatic carbocycles. The lowest BCUT2D eigenvalue weighted by molar-refractivity contribution is -0.142. The van der Waals surface area contributed by atoms with Crippen molar-refractivity contribution in [2.24, 2.45) is 5.41 Å². The molecule has 2 unspecified atom stereocenters. The summed E-state index contributed by atoms with van der Waals surface area (Å²) in [5.41, 5.74) is 2.20. The van der Waals surface area contributed by atoms with E-state index in [1.165, 1.54) is 5.57 Å². The second-order valence-corrected chi connectivity index (χ2v) is 5.92. The summed E-state index contributed by atoms with van der Waals surface area (Å²) >= 11 is 0. The zero-order valence-electron chi connectivity index (χ0n) is 11.2. The number of carbonyl (C=O) groups excluding carboxylic acids is 1. The van der Waals surface area contributed by atoms with Crippen LogP contribution in [0.3, 0.4) is 0 Å². The minimum Gasteiger partial charge on any atom is -0.454 e. The first-order chi connectivity index (χ1) is 7.91. The van der Waals surface area contributed by atoms with E-state index >= 15 is 0 Å². The zero-order valence-corrected chi connectivity index (χ0v) is 11.2. The third kappa shape index (κ3) is 2.54. The Kier molecular flexibility index (Phi) is 3.30. The zero-order chi connectivity index (χ0) is 12.6. The Labute approximate surface area is 103 Å². The third-order valence-corrected chi connectivity index (χ3v) is 3.87. The summed E-state index contributed by atoms with van der Waals surface area (Å²) in [6.45, 7) is 8.97. The van der Waals surface area contributed by atoms with Crippen LogP contribution in [0, 0.1) is 5.41 Å². The van der Waals surface area contributed by atoms with E-state index in [1.807, 2.05) is 6.92 Å². The van der Waals surface area contributed by atoms with Gasteiger partial charge in [0, 0.05) is 5.57 Å². The predicted octanol–water partition coefficient (Wildman–Crippen LogP) is 2.84. The fraction of sp³-hybridized carbons (Fsp3) is 0.786. The third-order valence-electron chi connectivity index (χ3n) is 3.87. The molecule has 0 aromatic rings. The number of fused-ring (bicyclic) bond motifs is 1. The fourth-order valence-electron chi connectivity index (χ4n) is 2.66. The maximum atomic E-state index is 11.5. The van der Waals surface area contributed by atoms with Gasteiger partial charge in [-0.15, -0.1) is 0 Å². The normalized spacial score (nSPS) is 33.0. The van der Waals surface area contributed by atoms with Gasteiger partial charge in [0.2, 0.25) is 0 Å². The van der Waals surface area contributed by atoms with E-state index in [0.29, 0.717) is 0 Å². The predicted molar refractivity (Wildman–Crippen MR) is 65.6 cm³/mol. The molecule has 1 aliphatic carbocycles. The van der Waals surface area contributed by atoms with Gasteiger partial charge in [0.05, 0.1) is 12.7 Å². The van der Waals surface area contributed by atoms with Gasteiger partial charge >= 0.3 is 5.97 Å². The topological polar surface area (TPSA) is 35.5 Å². The SMILES string of the molecule is CC1=C2CCC(C)(COC(C)C)CC2OC1=O. The molecule has 0 aromatic heterocycles. The van der Waals surface area contributed by atoms with Crippen molar-refractivity contribution < 1.29 is 14.3 Å². The standard InChI is InChI=1S/C14H22O3/c1-9(2)16-8-14(4)6-5-11-10(3)13(15)17-12(11)7-14/h9,12H,5-8H2,1-4H3. The average Bonchev–Trinajstić information content (AvgIpc) is 2.51. The first-order valence-corrected chi connectivity index (χ1v) is 6.43. The van der Waals surface area contributed by atoms with Gasteiger partial charge in [0.1, 0.15) is 6.10 Å². The molecule has 0 saturated heterocycles. The quantitative estimate of drug-likeness (QED) is 0.709. The molecule has 0 radical (unpaired) electrons. The molecule has 2 rings (SSSR count). The Bertz CT molecular complexity index is 356. The second-order valence-electron chi connectivity index (χ2n) is 5.92. The molecule has 1 aliphatic heterocycles. The molecular formula is C14H22O3. The molecule has 0 bridgehead atoms. The summed E-state index contributed by atoms with van der Waals surface area (Å²) in [6.07, 6.45) is 3.23. The minimum atomic E-state index is -0.126. The van der Waals surface area contributed by atoms with Crippen molar-refractivity contribution in [3.05, 3.63) is 11.1 Å². The van der Waals surface area contributed by atoms with E-state index < -0.39 is 0 Å². The minimum absolute atomic E-state index is 0.0111. The summed E-state index contributed by atoms with van der Waals surface area (Å²) in [4.78, 5) is 11.5. The van der Waals surface area contributed by atoms with Crippen LogP contribution in [0.4, 0.5) is 0 Å². The smallest absolute Gasteiger partial charge is 0.334 e. The van der Waals surface area contributed by atoms with Gasteiger partial charge < -0.3 is 9.47 Å². The van der Waals surface area contributed by atoms with Gasteiger partial charge in [-0.3, -0.25) is 0 Å². The van der Waals surface area contributed by atoms with Crippen LogP contribution >= 0.6 is 0 Å². The van der Waals surface area contributed by atoms with Crippen LogP contribution in [0.1, 0.15) is 47.0 Å². The molecule has 2 aliphatic rings. The van der Waals surface area contributed by atoms with Crippen LogP contribution in [0.25, 0.3) is 0 Å². The van der Waals surface area contributed by atoms with Gasteiger partial charge in [-0.1, -0.05) is 6.92 Å². The summed E-state index contributed by atoms with van der Waals surface area (Å²) in [5.74, 6) is -0.126. The van der Waals surface area contributed by atoms with E-state index in [1.54, 1.807) is 0 Å². The van der Waals surface area contributed by atoms with Crippen LogP contribution < -0.4 is 0 Å². The van der Waals surface area contributed by atoms with Crippen LogP contribution in [0.2, 0.25) is 0 Å². The number of esters is 1.